The number of imidazole rings is 1. The minimum atomic E-state index is 0.161. The molecular weight excluding hydrogens is 338 g/mol. The molecule has 0 aliphatic heterocycles. The summed E-state index contributed by atoms with van der Waals surface area (Å²) < 4.78 is 3.20. The van der Waals surface area contributed by atoms with E-state index in [9.17, 15) is 0 Å². The highest BCUT2D eigenvalue weighted by molar-refractivity contribution is 9.10. The zero-order chi connectivity index (χ0) is 14.5. The molecule has 2 rings (SSSR count). The standard InChI is InChI=1S/C15H19BrClN3/c1-3-7-20-8-6-19-15(20)10-14(18-2)12-5-4-11(16)9-13(12)17/h4-6,8-9,14,18H,3,7,10H2,1-2H3. The molecule has 0 aliphatic carbocycles. The largest absolute Gasteiger partial charge is 0.335 e. The van der Waals surface area contributed by atoms with Crippen molar-refractivity contribution in [2.75, 3.05) is 7.05 Å². The summed E-state index contributed by atoms with van der Waals surface area (Å²) >= 11 is 9.79. The van der Waals surface area contributed by atoms with Crippen molar-refractivity contribution in [3.63, 3.8) is 0 Å². The van der Waals surface area contributed by atoms with E-state index < -0.39 is 0 Å². The fourth-order valence-electron chi connectivity index (χ4n) is 2.31. The van der Waals surface area contributed by atoms with Crippen molar-refractivity contribution in [3.05, 3.63) is 51.5 Å². The van der Waals surface area contributed by atoms with Gasteiger partial charge in [0.25, 0.3) is 0 Å². The quantitative estimate of drug-likeness (QED) is 0.840. The van der Waals surface area contributed by atoms with Gasteiger partial charge in [-0.15, -0.1) is 0 Å². The number of hydrogen-bond acceptors (Lipinski definition) is 2. The monoisotopic (exact) mass is 355 g/mol. The van der Waals surface area contributed by atoms with Gasteiger partial charge in [0.15, 0.2) is 0 Å². The lowest BCUT2D eigenvalue weighted by Crippen LogP contribution is -2.21. The minimum absolute atomic E-state index is 0.161. The van der Waals surface area contributed by atoms with Crippen LogP contribution in [0.3, 0.4) is 0 Å². The van der Waals surface area contributed by atoms with E-state index in [0.29, 0.717) is 0 Å². The van der Waals surface area contributed by atoms with Gasteiger partial charge in [-0.25, -0.2) is 4.98 Å². The number of nitrogens with zero attached hydrogens (tertiary/aromatic N) is 2. The van der Waals surface area contributed by atoms with Crippen LogP contribution in [0.1, 0.15) is 30.8 Å². The number of nitrogens with one attached hydrogen (secondary N) is 1. The lowest BCUT2D eigenvalue weighted by Gasteiger charge is -2.18. The maximum Gasteiger partial charge on any atom is 0.110 e. The van der Waals surface area contributed by atoms with Crippen molar-refractivity contribution in [1.29, 1.82) is 0 Å². The lowest BCUT2D eigenvalue weighted by molar-refractivity contribution is 0.543. The SMILES string of the molecule is CCCn1ccnc1CC(NC)c1ccc(Br)cc1Cl. The summed E-state index contributed by atoms with van der Waals surface area (Å²) in [6.45, 7) is 3.17. The molecule has 1 aromatic heterocycles. The van der Waals surface area contributed by atoms with Gasteiger partial charge in [0, 0.05) is 40.9 Å². The van der Waals surface area contributed by atoms with Crippen LogP contribution in [0.25, 0.3) is 0 Å². The second kappa shape index (κ2) is 7.25. The Bertz CT molecular complexity index is 568. The van der Waals surface area contributed by atoms with Gasteiger partial charge in [0.2, 0.25) is 0 Å². The van der Waals surface area contributed by atoms with Crippen molar-refractivity contribution in [3.8, 4) is 0 Å². The predicted octanol–water partition coefficient (Wildman–Crippen LogP) is 4.21. The van der Waals surface area contributed by atoms with E-state index >= 15 is 0 Å². The molecule has 20 heavy (non-hydrogen) atoms. The Morgan fingerprint density at radius 2 is 2.25 bits per heavy atom. The molecule has 0 aliphatic rings. The normalized spacial score (nSPS) is 12.6. The molecule has 1 atom stereocenters. The zero-order valence-electron chi connectivity index (χ0n) is 11.7. The zero-order valence-corrected chi connectivity index (χ0v) is 14.1. The first-order chi connectivity index (χ1) is 9.65. The van der Waals surface area contributed by atoms with Crippen LogP contribution in [0.4, 0.5) is 0 Å². The first-order valence-corrected chi connectivity index (χ1v) is 7.95. The van der Waals surface area contributed by atoms with Crippen LogP contribution in [0, 0.1) is 0 Å². The molecule has 1 unspecified atom stereocenters. The molecule has 1 heterocycles. The van der Waals surface area contributed by atoms with Crippen molar-refractivity contribution in [2.45, 2.75) is 32.4 Å². The number of likely N-dealkylation sites (N-methyl/N-ethyl adjacent to an activating group) is 1. The van der Waals surface area contributed by atoms with E-state index in [1.54, 1.807) is 0 Å². The van der Waals surface area contributed by atoms with E-state index in [4.69, 9.17) is 11.6 Å². The van der Waals surface area contributed by atoms with Crippen molar-refractivity contribution in [1.82, 2.24) is 14.9 Å². The second-order valence-corrected chi connectivity index (χ2v) is 6.07. The highest BCUT2D eigenvalue weighted by Gasteiger charge is 2.16. The summed E-state index contributed by atoms with van der Waals surface area (Å²) in [7, 11) is 1.95. The number of rotatable bonds is 6. The second-order valence-electron chi connectivity index (χ2n) is 4.75. The van der Waals surface area contributed by atoms with E-state index in [-0.39, 0.29) is 6.04 Å². The van der Waals surface area contributed by atoms with Gasteiger partial charge in [-0.2, -0.15) is 0 Å². The Morgan fingerprint density at radius 1 is 1.45 bits per heavy atom. The number of benzene rings is 1. The molecule has 0 saturated heterocycles. The molecule has 5 heteroatoms. The lowest BCUT2D eigenvalue weighted by atomic mass is 10.0. The number of halogens is 2. The summed E-state index contributed by atoms with van der Waals surface area (Å²) in [5, 5.41) is 4.10. The van der Waals surface area contributed by atoms with Crippen LogP contribution in [-0.4, -0.2) is 16.6 Å². The summed E-state index contributed by atoms with van der Waals surface area (Å²) in [5.74, 6) is 1.09. The van der Waals surface area contributed by atoms with Gasteiger partial charge < -0.3 is 9.88 Å². The van der Waals surface area contributed by atoms with Crippen molar-refractivity contribution >= 4 is 27.5 Å². The molecular formula is C15H19BrClN3. The minimum Gasteiger partial charge on any atom is -0.335 e. The van der Waals surface area contributed by atoms with Crippen LogP contribution < -0.4 is 5.32 Å². The van der Waals surface area contributed by atoms with Gasteiger partial charge in [-0.3, -0.25) is 0 Å². The molecule has 0 spiro atoms. The smallest absolute Gasteiger partial charge is 0.110 e. The number of aromatic nitrogens is 2. The van der Waals surface area contributed by atoms with Gasteiger partial charge >= 0.3 is 0 Å². The molecule has 108 valence electrons. The van der Waals surface area contributed by atoms with E-state index in [2.05, 4.69) is 43.8 Å². The van der Waals surface area contributed by atoms with Gasteiger partial charge in [0.05, 0.1) is 0 Å². The van der Waals surface area contributed by atoms with Gasteiger partial charge in [0.1, 0.15) is 5.82 Å². The summed E-state index contributed by atoms with van der Waals surface area (Å²) in [5.41, 5.74) is 1.10. The van der Waals surface area contributed by atoms with Crippen LogP contribution >= 0.6 is 27.5 Å². The van der Waals surface area contributed by atoms with E-state index in [1.807, 2.05) is 31.6 Å². The van der Waals surface area contributed by atoms with E-state index in [0.717, 1.165) is 40.3 Å². The first kappa shape index (κ1) is 15.5. The molecule has 0 amide bonds. The molecule has 0 fully saturated rings. The molecule has 0 saturated carbocycles. The summed E-state index contributed by atoms with van der Waals surface area (Å²) in [6, 6.07) is 6.17. The summed E-state index contributed by atoms with van der Waals surface area (Å²) in [6.07, 6.45) is 5.83. The Hall–Kier alpha value is -0.840. The highest BCUT2D eigenvalue weighted by atomic mass is 79.9. The first-order valence-electron chi connectivity index (χ1n) is 6.78. The topological polar surface area (TPSA) is 29.9 Å². The third kappa shape index (κ3) is 3.62. The summed E-state index contributed by atoms with van der Waals surface area (Å²) in [4.78, 5) is 4.47. The Balaban J connectivity index is 2.22. The average Bonchev–Trinajstić information content (AvgIpc) is 2.84. The third-order valence-electron chi connectivity index (χ3n) is 3.34. The maximum absolute atomic E-state index is 6.35. The molecule has 3 nitrogen and oxygen atoms in total. The number of hydrogen-bond donors (Lipinski definition) is 1. The molecule has 0 bridgehead atoms. The van der Waals surface area contributed by atoms with Crippen LogP contribution in [-0.2, 0) is 13.0 Å². The van der Waals surface area contributed by atoms with Crippen LogP contribution in [0.15, 0.2) is 35.1 Å². The number of aryl methyl sites for hydroxylation is 1. The van der Waals surface area contributed by atoms with Crippen LogP contribution in [0.2, 0.25) is 5.02 Å². The maximum atomic E-state index is 6.35. The fraction of sp³-hybridized carbons (Fsp3) is 0.400. The van der Waals surface area contributed by atoms with Crippen LogP contribution in [0.5, 0.6) is 0 Å². The van der Waals surface area contributed by atoms with E-state index in [1.165, 1.54) is 0 Å². The molecule has 2 aromatic rings. The average molecular weight is 357 g/mol. The third-order valence-corrected chi connectivity index (χ3v) is 4.16. The van der Waals surface area contributed by atoms with Gasteiger partial charge in [-0.05, 0) is 31.2 Å². The molecule has 0 radical (unpaired) electrons. The Kier molecular flexibility index (Phi) is 5.64. The van der Waals surface area contributed by atoms with Crippen molar-refractivity contribution in [2.24, 2.45) is 0 Å². The Labute approximate surface area is 133 Å². The van der Waals surface area contributed by atoms with Gasteiger partial charge in [-0.1, -0.05) is 40.5 Å². The highest BCUT2D eigenvalue weighted by Crippen LogP contribution is 2.28. The molecule has 1 aromatic carbocycles. The Morgan fingerprint density at radius 3 is 2.90 bits per heavy atom. The predicted molar refractivity (Wildman–Crippen MR) is 87.2 cm³/mol. The molecule has 1 N–H and O–H groups in total. The van der Waals surface area contributed by atoms with Crippen molar-refractivity contribution < 1.29 is 0 Å². The fourth-order valence-corrected chi connectivity index (χ4v) is 3.11.